The highest BCUT2D eigenvalue weighted by Gasteiger charge is 2.24. The number of nitrogens with two attached hydrogens (primary N) is 1. The van der Waals surface area contributed by atoms with Gasteiger partial charge in [0.1, 0.15) is 22.2 Å². The van der Waals surface area contributed by atoms with E-state index in [0.717, 1.165) is 36.7 Å². The van der Waals surface area contributed by atoms with Gasteiger partial charge in [-0.25, -0.2) is 18.5 Å². The molecular weight excluding hydrogens is 356 g/mol. The van der Waals surface area contributed by atoms with Crippen LogP contribution in [0.5, 0.6) is 11.5 Å². The minimum absolute atomic E-state index is 0.000394. The summed E-state index contributed by atoms with van der Waals surface area (Å²) in [6.07, 6.45) is 2.19. The van der Waals surface area contributed by atoms with E-state index in [0.29, 0.717) is 5.82 Å². The van der Waals surface area contributed by atoms with Crippen molar-refractivity contribution in [3.8, 4) is 11.5 Å². The van der Waals surface area contributed by atoms with Crippen molar-refractivity contribution < 1.29 is 17.9 Å². The van der Waals surface area contributed by atoms with Crippen molar-refractivity contribution in [1.29, 1.82) is 0 Å². The second kappa shape index (κ2) is 7.38. The molecule has 0 aliphatic carbocycles. The van der Waals surface area contributed by atoms with Crippen LogP contribution in [-0.2, 0) is 10.0 Å². The van der Waals surface area contributed by atoms with Crippen LogP contribution in [0.15, 0.2) is 41.4 Å². The largest absolute Gasteiger partial charge is 0.497 e. The van der Waals surface area contributed by atoms with Crippen molar-refractivity contribution in [1.82, 2.24) is 4.98 Å². The zero-order valence-corrected chi connectivity index (χ0v) is 15.5. The average Bonchev–Trinajstić information content (AvgIpc) is 3.09. The van der Waals surface area contributed by atoms with E-state index < -0.39 is 10.0 Å². The highest BCUT2D eigenvalue weighted by Crippen LogP contribution is 2.30. The fourth-order valence-electron chi connectivity index (χ4n) is 2.93. The molecule has 1 aliphatic rings. The minimum Gasteiger partial charge on any atom is -0.497 e. The Hall–Kier alpha value is -2.52. The van der Waals surface area contributed by atoms with Crippen molar-refractivity contribution >= 4 is 21.5 Å². The van der Waals surface area contributed by atoms with Gasteiger partial charge in [0.05, 0.1) is 14.2 Å². The van der Waals surface area contributed by atoms with Gasteiger partial charge in [0.2, 0.25) is 10.0 Å². The number of ether oxygens (including phenoxy) is 2. The van der Waals surface area contributed by atoms with E-state index in [1.807, 2.05) is 18.2 Å². The lowest BCUT2D eigenvalue weighted by atomic mass is 10.2. The molecule has 1 atom stereocenters. The first-order chi connectivity index (χ1) is 12.4. The van der Waals surface area contributed by atoms with E-state index in [9.17, 15) is 8.42 Å². The first kappa shape index (κ1) is 18.3. The molecule has 9 heteroatoms. The number of sulfonamides is 1. The molecule has 0 bridgehead atoms. The third-order valence-corrected chi connectivity index (χ3v) is 5.21. The highest BCUT2D eigenvalue weighted by molar-refractivity contribution is 7.89. The number of pyridine rings is 1. The van der Waals surface area contributed by atoms with Crippen LogP contribution in [0.3, 0.4) is 0 Å². The van der Waals surface area contributed by atoms with Gasteiger partial charge >= 0.3 is 0 Å². The van der Waals surface area contributed by atoms with E-state index in [1.165, 1.54) is 12.3 Å². The van der Waals surface area contributed by atoms with Crippen molar-refractivity contribution in [2.45, 2.75) is 17.4 Å². The number of rotatable bonds is 6. The van der Waals surface area contributed by atoms with E-state index in [1.54, 1.807) is 20.3 Å². The Bertz CT molecular complexity index is 849. The second-order valence-electron chi connectivity index (χ2n) is 6.07. The van der Waals surface area contributed by atoms with Gasteiger partial charge in [0.25, 0.3) is 0 Å². The van der Waals surface area contributed by atoms with Crippen LogP contribution >= 0.6 is 0 Å². The fourth-order valence-corrected chi connectivity index (χ4v) is 3.39. The Kier molecular flexibility index (Phi) is 5.19. The molecule has 8 nitrogen and oxygen atoms in total. The Morgan fingerprint density at radius 1 is 1.19 bits per heavy atom. The smallest absolute Gasteiger partial charge is 0.239 e. The zero-order chi connectivity index (χ0) is 18.7. The first-order valence-electron chi connectivity index (χ1n) is 8.12. The van der Waals surface area contributed by atoms with Crippen LogP contribution in [0.4, 0.5) is 11.5 Å². The van der Waals surface area contributed by atoms with E-state index in [4.69, 9.17) is 14.6 Å². The number of methoxy groups -OCH3 is 2. The lowest BCUT2D eigenvalue weighted by molar-refractivity contribution is 0.394. The first-order valence-corrected chi connectivity index (χ1v) is 9.67. The molecule has 3 rings (SSSR count). The van der Waals surface area contributed by atoms with Gasteiger partial charge in [-0.2, -0.15) is 0 Å². The summed E-state index contributed by atoms with van der Waals surface area (Å²) in [5.74, 6) is 2.11. The quantitative estimate of drug-likeness (QED) is 0.783. The molecule has 1 aliphatic heterocycles. The lowest BCUT2D eigenvalue weighted by Gasteiger charge is -2.20. The highest BCUT2D eigenvalue weighted by atomic mass is 32.2. The number of primary sulfonamides is 1. The molecule has 2 aromatic rings. The van der Waals surface area contributed by atoms with Crippen LogP contribution < -0.4 is 24.8 Å². The SMILES string of the molecule is COc1cc(OC)cc(N2CCC(Nc3ccc(S(N)(=O)=O)cn3)C2)c1. The number of anilines is 2. The van der Waals surface area contributed by atoms with Crippen LogP contribution in [0.25, 0.3) is 0 Å². The predicted octanol–water partition coefficient (Wildman–Crippen LogP) is 1.44. The van der Waals surface area contributed by atoms with Crippen LogP contribution in [-0.4, -0.2) is 46.8 Å². The van der Waals surface area contributed by atoms with E-state index in [-0.39, 0.29) is 10.9 Å². The Balaban J connectivity index is 1.67. The standard InChI is InChI=1S/C17H22N4O4S/c1-24-14-7-13(8-15(9-14)25-2)21-6-5-12(11-21)20-17-4-3-16(10-19-17)26(18,22)23/h3-4,7-10,12H,5-6,11H2,1-2H3,(H,19,20)(H2,18,22,23). The van der Waals surface area contributed by atoms with Crippen LogP contribution in [0, 0.1) is 0 Å². The number of nitrogens with one attached hydrogen (secondary N) is 1. The summed E-state index contributed by atoms with van der Waals surface area (Å²) in [7, 11) is -0.470. The van der Waals surface area contributed by atoms with Gasteiger partial charge in [0.15, 0.2) is 0 Å². The second-order valence-corrected chi connectivity index (χ2v) is 7.63. The molecule has 140 valence electrons. The zero-order valence-electron chi connectivity index (χ0n) is 14.7. The molecular formula is C17H22N4O4S. The summed E-state index contributed by atoms with van der Waals surface area (Å²) in [5.41, 5.74) is 1.03. The number of hydrogen-bond acceptors (Lipinski definition) is 7. The molecule has 0 spiro atoms. The van der Waals surface area contributed by atoms with Gasteiger partial charge < -0.3 is 19.7 Å². The van der Waals surface area contributed by atoms with Crippen LogP contribution in [0.2, 0.25) is 0 Å². The molecule has 0 radical (unpaired) electrons. The summed E-state index contributed by atoms with van der Waals surface area (Å²) >= 11 is 0. The molecule has 0 saturated carbocycles. The Labute approximate surface area is 153 Å². The number of nitrogens with zero attached hydrogens (tertiary/aromatic N) is 2. The predicted molar refractivity (Wildman–Crippen MR) is 99.4 cm³/mol. The average molecular weight is 378 g/mol. The molecule has 0 amide bonds. The maximum atomic E-state index is 11.3. The third-order valence-electron chi connectivity index (χ3n) is 4.31. The van der Waals surface area contributed by atoms with Gasteiger partial charge in [-0.1, -0.05) is 0 Å². The van der Waals surface area contributed by atoms with Gasteiger partial charge in [0, 0.05) is 49.2 Å². The minimum atomic E-state index is -3.73. The van der Waals surface area contributed by atoms with Crippen molar-refractivity contribution in [2.24, 2.45) is 5.14 Å². The van der Waals surface area contributed by atoms with E-state index in [2.05, 4.69) is 15.2 Å². The summed E-state index contributed by atoms with van der Waals surface area (Å²) in [5, 5.41) is 8.41. The fraction of sp³-hybridized carbons (Fsp3) is 0.353. The normalized spacial score (nSPS) is 17.2. The topological polar surface area (TPSA) is 107 Å². The number of benzene rings is 1. The summed E-state index contributed by atoms with van der Waals surface area (Å²) in [4.78, 5) is 6.37. The monoisotopic (exact) mass is 378 g/mol. The third kappa shape index (κ3) is 4.17. The van der Waals surface area contributed by atoms with E-state index >= 15 is 0 Å². The van der Waals surface area contributed by atoms with Gasteiger partial charge in [-0.05, 0) is 18.6 Å². The molecule has 26 heavy (non-hydrogen) atoms. The molecule has 1 aromatic carbocycles. The molecule has 1 aromatic heterocycles. The van der Waals surface area contributed by atoms with Crippen molar-refractivity contribution in [3.63, 3.8) is 0 Å². The molecule has 2 heterocycles. The molecule has 1 unspecified atom stereocenters. The molecule has 1 fully saturated rings. The molecule has 1 saturated heterocycles. The summed E-state index contributed by atoms with van der Waals surface area (Å²) in [6.45, 7) is 1.66. The summed E-state index contributed by atoms with van der Waals surface area (Å²) < 4.78 is 33.2. The lowest BCUT2D eigenvalue weighted by Crippen LogP contribution is -2.26. The summed E-state index contributed by atoms with van der Waals surface area (Å²) in [6, 6.07) is 9.06. The Morgan fingerprint density at radius 3 is 2.42 bits per heavy atom. The number of aromatic nitrogens is 1. The van der Waals surface area contributed by atoms with Crippen molar-refractivity contribution in [3.05, 3.63) is 36.5 Å². The Morgan fingerprint density at radius 2 is 1.88 bits per heavy atom. The maximum Gasteiger partial charge on any atom is 0.239 e. The van der Waals surface area contributed by atoms with Crippen molar-refractivity contribution in [2.75, 3.05) is 37.5 Å². The number of hydrogen-bond donors (Lipinski definition) is 2. The van der Waals surface area contributed by atoms with Gasteiger partial charge in [-0.15, -0.1) is 0 Å². The van der Waals surface area contributed by atoms with Crippen LogP contribution in [0.1, 0.15) is 6.42 Å². The van der Waals surface area contributed by atoms with Gasteiger partial charge in [-0.3, -0.25) is 0 Å². The molecule has 3 N–H and O–H groups in total. The maximum absolute atomic E-state index is 11.3.